The first-order chi connectivity index (χ1) is 21.6. The first-order valence-electron chi connectivity index (χ1n) is 18.0. The molecule has 6 rings (SSSR count). The zero-order chi connectivity index (χ0) is 31.9. The van der Waals surface area contributed by atoms with Gasteiger partial charge in [0.25, 0.3) is 0 Å². The third-order valence-electron chi connectivity index (χ3n) is 12.6. The lowest BCUT2D eigenvalue weighted by atomic mass is 9.65. The molecule has 1 spiro atoms. The summed E-state index contributed by atoms with van der Waals surface area (Å²) in [5, 5.41) is 17.0. The zero-order valence-electron chi connectivity index (χ0n) is 27.5. The summed E-state index contributed by atoms with van der Waals surface area (Å²) < 4.78 is 37.5. The molecular weight excluding hydrogens is 580 g/mol. The maximum absolute atomic E-state index is 16.8. The van der Waals surface area contributed by atoms with Crippen molar-refractivity contribution in [3.8, 4) is 0 Å². The summed E-state index contributed by atoms with van der Waals surface area (Å²) in [4.78, 5) is 20.4. The Morgan fingerprint density at radius 2 is 1.87 bits per heavy atom. The zero-order valence-corrected chi connectivity index (χ0v) is 27.5. The lowest BCUT2D eigenvalue weighted by Gasteiger charge is -2.64. The van der Waals surface area contributed by atoms with Gasteiger partial charge < -0.3 is 31.9 Å². The van der Waals surface area contributed by atoms with E-state index in [1.165, 1.54) is 0 Å². The number of unbranched alkanes of at least 4 members (excludes halogenated alkanes) is 2. The van der Waals surface area contributed by atoms with Crippen LogP contribution in [0, 0.1) is 11.8 Å². The van der Waals surface area contributed by atoms with Crippen LogP contribution in [0.1, 0.15) is 90.4 Å². The molecular formula is C33H59F2N7O3. The van der Waals surface area contributed by atoms with Crippen LogP contribution in [0.15, 0.2) is 0 Å². The van der Waals surface area contributed by atoms with Crippen LogP contribution in [0.25, 0.3) is 0 Å². The van der Waals surface area contributed by atoms with Crippen LogP contribution in [0.2, 0.25) is 0 Å². The summed E-state index contributed by atoms with van der Waals surface area (Å²) in [5.41, 5.74) is 12.2. The molecule has 0 aromatic rings. The number of amides is 1. The van der Waals surface area contributed by atoms with Crippen molar-refractivity contribution in [3.05, 3.63) is 0 Å². The number of fused-ring (bicyclic) bond motifs is 1. The monoisotopic (exact) mass is 639 g/mol. The molecule has 6 aliphatic rings. The molecule has 10 nitrogen and oxygen atoms in total. The number of carbonyl (C=O) groups is 1. The second-order valence-corrected chi connectivity index (χ2v) is 15.5. The number of nitrogens with one attached hydrogen (secondary N) is 2. The number of nitrogens with zero attached hydrogens (tertiary/aromatic N) is 3. The number of halogens is 2. The van der Waals surface area contributed by atoms with E-state index in [1.807, 2.05) is 7.05 Å². The van der Waals surface area contributed by atoms with Gasteiger partial charge in [0.05, 0.1) is 29.8 Å². The smallest absolute Gasteiger partial charge is 0.227 e. The summed E-state index contributed by atoms with van der Waals surface area (Å²) in [7, 11) is 1.85. The molecule has 5 aliphatic heterocycles. The SMILES string of the molecule is CCCCCC12CCC(F)CN1C(C(C(=O)NC1CNC(C3CCCC3)C(F)C1N1CCC3(CC1)CN(C)C(O)O3)C(N)N)C2. The standard InChI is InChI=1S/C33H59F2N7O3/c1-3-4-7-11-32-12-10-22(34)19-42(32)24(17-32)25(29(36)37)30(43)39-23-18-38-27(21-8-5-6-9-21)26(35)28(23)41-15-13-33(14-16-41)20-40(2)31(44)45-33/h21-29,31,38,44H,3-20,36-37H2,1-2H3,(H,39,43). The lowest BCUT2D eigenvalue weighted by molar-refractivity contribution is -0.184. The highest BCUT2D eigenvalue weighted by molar-refractivity contribution is 5.81. The van der Waals surface area contributed by atoms with E-state index in [0.717, 1.165) is 64.2 Å². The maximum Gasteiger partial charge on any atom is 0.227 e. The van der Waals surface area contributed by atoms with Crippen molar-refractivity contribution in [2.75, 3.05) is 39.8 Å². The van der Waals surface area contributed by atoms with Gasteiger partial charge >= 0.3 is 0 Å². The van der Waals surface area contributed by atoms with Crippen molar-refractivity contribution in [3.63, 3.8) is 0 Å². The molecule has 1 aliphatic carbocycles. The Morgan fingerprint density at radius 3 is 2.51 bits per heavy atom. The summed E-state index contributed by atoms with van der Waals surface area (Å²) in [6.07, 6.45) is 8.36. The topological polar surface area (TPSA) is 132 Å². The third kappa shape index (κ3) is 6.69. The number of rotatable bonds is 10. The van der Waals surface area contributed by atoms with Gasteiger partial charge in [-0.05, 0) is 64.3 Å². The molecule has 258 valence electrons. The largest absolute Gasteiger partial charge is 0.356 e. The highest BCUT2D eigenvalue weighted by Gasteiger charge is 2.58. The molecule has 6 fully saturated rings. The van der Waals surface area contributed by atoms with Crippen LogP contribution in [0.4, 0.5) is 8.78 Å². The molecule has 1 saturated carbocycles. The Labute approximate surface area is 268 Å². The fraction of sp³-hybridized carbons (Fsp3) is 0.970. The Bertz CT molecular complexity index is 1000. The summed E-state index contributed by atoms with van der Waals surface area (Å²) >= 11 is 0. The fourth-order valence-electron chi connectivity index (χ4n) is 10.1. The van der Waals surface area contributed by atoms with E-state index in [0.29, 0.717) is 57.9 Å². The molecule has 7 N–H and O–H groups in total. The first-order valence-corrected chi connectivity index (χ1v) is 18.0. The summed E-state index contributed by atoms with van der Waals surface area (Å²) in [6, 6.07) is -1.40. The van der Waals surface area contributed by atoms with Crippen molar-refractivity contribution < 1.29 is 23.4 Å². The van der Waals surface area contributed by atoms with Gasteiger partial charge in [-0.3, -0.25) is 19.5 Å². The quantitative estimate of drug-likeness (QED) is 0.179. The number of likely N-dealkylation sites (N-methyl/N-ethyl adjacent to an activating group) is 1. The van der Waals surface area contributed by atoms with Crippen LogP contribution >= 0.6 is 0 Å². The Hall–Kier alpha value is -0.990. The lowest BCUT2D eigenvalue weighted by Crippen LogP contribution is -2.75. The number of hydrogen-bond acceptors (Lipinski definition) is 9. The molecule has 5 saturated heterocycles. The first kappa shape index (κ1) is 33.9. The van der Waals surface area contributed by atoms with Gasteiger partial charge in [-0.1, -0.05) is 39.0 Å². The van der Waals surface area contributed by atoms with E-state index in [9.17, 15) is 14.3 Å². The number of ether oxygens (including phenoxy) is 1. The Balaban J connectivity index is 1.17. The van der Waals surface area contributed by atoms with Crippen LogP contribution < -0.4 is 22.1 Å². The molecule has 0 radical (unpaired) electrons. The number of nitrogens with two attached hydrogens (primary N) is 2. The minimum atomic E-state index is -1.15. The fourth-order valence-corrected chi connectivity index (χ4v) is 10.1. The van der Waals surface area contributed by atoms with E-state index in [-0.39, 0.29) is 23.5 Å². The Kier molecular flexibility index (Phi) is 10.4. The highest BCUT2D eigenvalue weighted by atomic mass is 19.1. The van der Waals surface area contributed by atoms with Gasteiger partial charge in [0.1, 0.15) is 12.3 Å². The minimum Gasteiger partial charge on any atom is -0.356 e. The van der Waals surface area contributed by atoms with E-state index in [2.05, 4.69) is 27.4 Å². The predicted molar refractivity (Wildman–Crippen MR) is 169 cm³/mol. The number of alkyl halides is 2. The Morgan fingerprint density at radius 1 is 1.13 bits per heavy atom. The van der Waals surface area contributed by atoms with Gasteiger partial charge in [0.2, 0.25) is 12.3 Å². The minimum absolute atomic E-state index is 0.0724. The van der Waals surface area contributed by atoms with E-state index in [1.54, 1.807) is 4.90 Å². The normalized spacial score (nSPS) is 40.5. The van der Waals surface area contributed by atoms with E-state index >= 15 is 4.39 Å². The number of aliphatic hydroxyl groups is 1. The van der Waals surface area contributed by atoms with Crippen LogP contribution in [0.3, 0.4) is 0 Å². The average molecular weight is 640 g/mol. The van der Waals surface area contributed by atoms with Gasteiger partial charge in [0, 0.05) is 50.3 Å². The number of hydrogen-bond donors (Lipinski definition) is 5. The van der Waals surface area contributed by atoms with E-state index in [4.69, 9.17) is 16.2 Å². The molecule has 5 heterocycles. The van der Waals surface area contributed by atoms with Gasteiger partial charge in [-0.25, -0.2) is 8.78 Å². The molecule has 45 heavy (non-hydrogen) atoms. The molecule has 0 aromatic carbocycles. The predicted octanol–water partition coefficient (Wildman–Crippen LogP) is 1.80. The highest BCUT2D eigenvalue weighted by Crippen LogP contribution is 2.50. The molecule has 1 amide bonds. The molecule has 0 aromatic heterocycles. The van der Waals surface area contributed by atoms with Gasteiger partial charge in [-0.15, -0.1) is 0 Å². The molecule has 9 unspecified atom stereocenters. The summed E-state index contributed by atoms with van der Waals surface area (Å²) in [5.74, 6) is -0.653. The van der Waals surface area contributed by atoms with Gasteiger partial charge in [-0.2, -0.15) is 0 Å². The second-order valence-electron chi connectivity index (χ2n) is 15.5. The number of piperidine rings is 3. The molecule has 9 atom stereocenters. The van der Waals surface area contributed by atoms with Crippen molar-refractivity contribution in [2.24, 2.45) is 23.3 Å². The van der Waals surface area contributed by atoms with Gasteiger partial charge in [0.15, 0.2) is 0 Å². The van der Waals surface area contributed by atoms with Crippen molar-refractivity contribution in [1.82, 2.24) is 25.3 Å². The molecule has 12 heteroatoms. The van der Waals surface area contributed by atoms with Crippen LogP contribution in [0.5, 0.6) is 0 Å². The average Bonchev–Trinajstić information content (AvgIpc) is 3.62. The number of aliphatic hydroxyl groups excluding tert-OH is 1. The van der Waals surface area contributed by atoms with Crippen molar-refractivity contribution >= 4 is 5.91 Å². The molecule has 0 bridgehead atoms. The number of carbonyl (C=O) groups excluding carboxylic acids is 1. The van der Waals surface area contributed by atoms with Crippen molar-refractivity contribution in [2.45, 2.75) is 151 Å². The van der Waals surface area contributed by atoms with Crippen molar-refractivity contribution in [1.29, 1.82) is 0 Å². The van der Waals surface area contributed by atoms with Crippen LogP contribution in [-0.2, 0) is 9.53 Å². The second kappa shape index (κ2) is 13.9. The summed E-state index contributed by atoms with van der Waals surface area (Å²) in [6.45, 7) is 4.88. The number of likely N-dealkylation sites (tertiary alicyclic amines) is 1. The van der Waals surface area contributed by atoms with Crippen LogP contribution in [-0.4, -0.2) is 126 Å². The maximum atomic E-state index is 16.8. The van der Waals surface area contributed by atoms with E-state index < -0.39 is 48.5 Å². The third-order valence-corrected chi connectivity index (χ3v) is 12.6.